The molecule has 2 rings (SSSR count). The SMILES string of the molecule is Cc1ccc(N2CC(C)NC(=O)C2CC#N)c(Br)c1. The molecule has 0 radical (unpaired) electrons. The van der Waals surface area contributed by atoms with Crippen LogP contribution in [-0.2, 0) is 4.79 Å². The highest BCUT2D eigenvalue weighted by molar-refractivity contribution is 9.10. The minimum atomic E-state index is -0.416. The van der Waals surface area contributed by atoms with Crippen LogP contribution in [0.1, 0.15) is 18.9 Å². The van der Waals surface area contributed by atoms with Gasteiger partial charge in [-0.05, 0) is 47.5 Å². The molecule has 1 fully saturated rings. The highest BCUT2D eigenvalue weighted by Gasteiger charge is 2.33. The molecule has 1 aliphatic heterocycles. The molecule has 0 aromatic heterocycles. The van der Waals surface area contributed by atoms with Gasteiger partial charge in [0.05, 0.1) is 18.2 Å². The Morgan fingerprint density at radius 1 is 1.58 bits per heavy atom. The van der Waals surface area contributed by atoms with Crippen LogP contribution in [-0.4, -0.2) is 24.5 Å². The lowest BCUT2D eigenvalue weighted by molar-refractivity contribution is -0.124. The molecule has 2 atom stereocenters. The first kappa shape index (κ1) is 13.9. The predicted octanol–water partition coefficient (Wildman–Crippen LogP) is 2.36. The van der Waals surface area contributed by atoms with Crippen LogP contribution >= 0.6 is 15.9 Å². The fourth-order valence-electron chi connectivity index (χ4n) is 2.35. The van der Waals surface area contributed by atoms with Crippen molar-refractivity contribution in [1.82, 2.24) is 5.32 Å². The van der Waals surface area contributed by atoms with E-state index in [2.05, 4.69) is 27.3 Å². The van der Waals surface area contributed by atoms with Gasteiger partial charge in [-0.2, -0.15) is 5.26 Å². The first-order valence-electron chi connectivity index (χ1n) is 6.23. The van der Waals surface area contributed by atoms with Gasteiger partial charge in [0, 0.05) is 17.1 Å². The fraction of sp³-hybridized carbons (Fsp3) is 0.429. The second-order valence-corrected chi connectivity index (χ2v) is 5.75. The summed E-state index contributed by atoms with van der Waals surface area (Å²) < 4.78 is 0.956. The molecule has 0 saturated carbocycles. The summed E-state index contributed by atoms with van der Waals surface area (Å²) in [5, 5.41) is 11.8. The molecule has 0 bridgehead atoms. The van der Waals surface area contributed by atoms with Crippen molar-refractivity contribution in [1.29, 1.82) is 5.26 Å². The minimum Gasteiger partial charge on any atom is -0.356 e. The van der Waals surface area contributed by atoms with Gasteiger partial charge in [-0.3, -0.25) is 4.79 Å². The maximum Gasteiger partial charge on any atom is 0.244 e. The molecule has 0 aliphatic carbocycles. The van der Waals surface area contributed by atoms with Crippen molar-refractivity contribution in [2.45, 2.75) is 32.4 Å². The smallest absolute Gasteiger partial charge is 0.244 e. The number of hydrogen-bond donors (Lipinski definition) is 1. The van der Waals surface area contributed by atoms with Crippen molar-refractivity contribution in [3.63, 3.8) is 0 Å². The number of nitrogens with zero attached hydrogens (tertiary/aromatic N) is 2. The van der Waals surface area contributed by atoms with Crippen molar-refractivity contribution in [2.24, 2.45) is 0 Å². The standard InChI is InChI=1S/C14H16BrN3O/c1-9-3-4-12(11(15)7-9)18-8-10(2)17-14(19)13(18)5-6-16/h3-4,7,10,13H,5,8H2,1-2H3,(H,17,19). The molecule has 1 aromatic rings. The third-order valence-corrected chi connectivity index (χ3v) is 3.87. The molecule has 1 aromatic carbocycles. The predicted molar refractivity (Wildman–Crippen MR) is 77.8 cm³/mol. The van der Waals surface area contributed by atoms with Gasteiger partial charge < -0.3 is 10.2 Å². The Morgan fingerprint density at radius 3 is 2.95 bits per heavy atom. The first-order valence-corrected chi connectivity index (χ1v) is 7.02. The monoisotopic (exact) mass is 321 g/mol. The number of aryl methyl sites for hydroxylation is 1. The Bertz CT molecular complexity index is 538. The second kappa shape index (κ2) is 5.62. The van der Waals surface area contributed by atoms with Crippen LogP contribution in [0, 0.1) is 18.3 Å². The Kier molecular flexibility index (Phi) is 4.11. The van der Waals surface area contributed by atoms with Gasteiger partial charge >= 0.3 is 0 Å². The van der Waals surface area contributed by atoms with Crippen LogP contribution in [0.5, 0.6) is 0 Å². The third kappa shape index (κ3) is 2.90. The molecular formula is C14H16BrN3O. The third-order valence-electron chi connectivity index (χ3n) is 3.24. The average Bonchev–Trinajstić information content (AvgIpc) is 2.32. The van der Waals surface area contributed by atoms with Crippen molar-refractivity contribution < 1.29 is 4.79 Å². The van der Waals surface area contributed by atoms with Crippen LogP contribution in [0.2, 0.25) is 0 Å². The van der Waals surface area contributed by atoms with Gasteiger partial charge in [0.15, 0.2) is 0 Å². The Labute approximate surface area is 121 Å². The number of piperazine rings is 1. The van der Waals surface area contributed by atoms with E-state index in [1.54, 1.807) is 0 Å². The van der Waals surface area contributed by atoms with E-state index in [0.717, 1.165) is 15.7 Å². The Morgan fingerprint density at radius 2 is 2.32 bits per heavy atom. The molecular weight excluding hydrogens is 306 g/mol. The molecule has 4 nitrogen and oxygen atoms in total. The van der Waals surface area contributed by atoms with E-state index in [-0.39, 0.29) is 18.4 Å². The van der Waals surface area contributed by atoms with E-state index >= 15 is 0 Å². The maximum atomic E-state index is 12.0. The second-order valence-electron chi connectivity index (χ2n) is 4.89. The quantitative estimate of drug-likeness (QED) is 0.909. The lowest BCUT2D eigenvalue weighted by Crippen LogP contribution is -2.59. The molecule has 1 N–H and O–H groups in total. The summed E-state index contributed by atoms with van der Waals surface area (Å²) >= 11 is 3.54. The largest absolute Gasteiger partial charge is 0.356 e. The molecule has 1 saturated heterocycles. The number of carbonyl (C=O) groups excluding carboxylic acids is 1. The summed E-state index contributed by atoms with van der Waals surface area (Å²) in [5.74, 6) is -0.0761. The average molecular weight is 322 g/mol. The van der Waals surface area contributed by atoms with Crippen molar-refractivity contribution in [3.05, 3.63) is 28.2 Å². The van der Waals surface area contributed by atoms with Crippen molar-refractivity contribution in [3.8, 4) is 6.07 Å². The van der Waals surface area contributed by atoms with E-state index in [9.17, 15) is 4.79 Å². The molecule has 5 heteroatoms. The molecule has 19 heavy (non-hydrogen) atoms. The van der Waals surface area contributed by atoms with Crippen LogP contribution in [0.15, 0.2) is 22.7 Å². The van der Waals surface area contributed by atoms with Gasteiger partial charge in [0.2, 0.25) is 5.91 Å². The van der Waals surface area contributed by atoms with E-state index in [0.29, 0.717) is 6.54 Å². The number of halogens is 1. The van der Waals surface area contributed by atoms with E-state index in [1.807, 2.05) is 36.9 Å². The molecule has 2 unspecified atom stereocenters. The number of anilines is 1. The van der Waals surface area contributed by atoms with Crippen LogP contribution in [0.4, 0.5) is 5.69 Å². The lowest BCUT2D eigenvalue weighted by Gasteiger charge is -2.39. The minimum absolute atomic E-state index is 0.0761. The molecule has 1 heterocycles. The number of rotatable bonds is 2. The number of nitrogens with one attached hydrogen (secondary N) is 1. The Balaban J connectivity index is 2.38. The summed E-state index contributed by atoms with van der Waals surface area (Å²) in [6.07, 6.45) is 0.193. The number of carbonyl (C=O) groups is 1. The molecule has 1 amide bonds. The van der Waals surface area contributed by atoms with Gasteiger partial charge in [-0.15, -0.1) is 0 Å². The topological polar surface area (TPSA) is 56.1 Å². The fourth-order valence-corrected chi connectivity index (χ4v) is 3.07. The number of nitriles is 1. The summed E-state index contributed by atoms with van der Waals surface area (Å²) in [6.45, 7) is 4.70. The zero-order valence-electron chi connectivity index (χ0n) is 11.0. The molecule has 1 aliphatic rings. The Hall–Kier alpha value is -1.54. The van der Waals surface area contributed by atoms with E-state index < -0.39 is 6.04 Å². The zero-order valence-corrected chi connectivity index (χ0v) is 12.6. The summed E-state index contributed by atoms with van der Waals surface area (Å²) in [5.41, 5.74) is 2.12. The van der Waals surface area contributed by atoms with Crippen LogP contribution < -0.4 is 10.2 Å². The number of amides is 1. The van der Waals surface area contributed by atoms with E-state index in [1.165, 1.54) is 0 Å². The highest BCUT2D eigenvalue weighted by Crippen LogP contribution is 2.30. The summed E-state index contributed by atoms with van der Waals surface area (Å²) in [4.78, 5) is 14.0. The van der Waals surface area contributed by atoms with Gasteiger partial charge in [-0.25, -0.2) is 0 Å². The molecule has 0 spiro atoms. The molecule has 100 valence electrons. The first-order chi connectivity index (χ1) is 9.02. The number of hydrogen-bond acceptors (Lipinski definition) is 3. The van der Waals surface area contributed by atoms with Crippen molar-refractivity contribution in [2.75, 3.05) is 11.4 Å². The normalized spacial score (nSPS) is 22.8. The van der Waals surface area contributed by atoms with Gasteiger partial charge in [0.1, 0.15) is 6.04 Å². The summed E-state index contributed by atoms with van der Waals surface area (Å²) in [6, 6.07) is 7.79. The van der Waals surface area contributed by atoms with Gasteiger partial charge in [-0.1, -0.05) is 6.07 Å². The zero-order chi connectivity index (χ0) is 14.0. The maximum absolute atomic E-state index is 12.0. The van der Waals surface area contributed by atoms with Crippen LogP contribution in [0.25, 0.3) is 0 Å². The van der Waals surface area contributed by atoms with Gasteiger partial charge in [0.25, 0.3) is 0 Å². The lowest BCUT2D eigenvalue weighted by atomic mass is 10.0. The van der Waals surface area contributed by atoms with Crippen LogP contribution in [0.3, 0.4) is 0 Å². The highest BCUT2D eigenvalue weighted by atomic mass is 79.9. The van der Waals surface area contributed by atoms with E-state index in [4.69, 9.17) is 5.26 Å². The van der Waals surface area contributed by atoms with Crippen molar-refractivity contribution >= 4 is 27.5 Å². The summed E-state index contributed by atoms with van der Waals surface area (Å²) in [7, 11) is 0. The number of benzene rings is 1.